The zero-order valence-corrected chi connectivity index (χ0v) is 13.3. The van der Waals surface area contributed by atoms with E-state index in [2.05, 4.69) is 24.4 Å². The third-order valence-corrected chi connectivity index (χ3v) is 4.33. The van der Waals surface area contributed by atoms with E-state index in [9.17, 15) is 4.79 Å². The van der Waals surface area contributed by atoms with Gasteiger partial charge in [0, 0.05) is 24.8 Å². The number of carbonyl (C=O) groups excluding carboxylic acids is 1. The van der Waals surface area contributed by atoms with Gasteiger partial charge in [-0.05, 0) is 36.1 Å². The maximum atomic E-state index is 12.0. The van der Waals surface area contributed by atoms with Crippen molar-refractivity contribution in [2.24, 2.45) is 0 Å². The molecule has 2 rings (SSSR count). The summed E-state index contributed by atoms with van der Waals surface area (Å²) in [5.41, 5.74) is 2.11. The molecule has 4 heteroatoms. The second-order valence-corrected chi connectivity index (χ2v) is 6.03. The maximum absolute atomic E-state index is 12.0. The Bertz CT molecular complexity index is 613. The minimum absolute atomic E-state index is 0.0476. The van der Waals surface area contributed by atoms with Crippen LogP contribution in [-0.2, 0) is 9.53 Å². The van der Waals surface area contributed by atoms with Gasteiger partial charge in [-0.15, -0.1) is 0 Å². The van der Waals surface area contributed by atoms with Gasteiger partial charge in [-0.3, -0.25) is 4.79 Å². The van der Waals surface area contributed by atoms with Crippen LogP contribution in [0.2, 0.25) is 0 Å². The number of aryl methyl sites for hydroxylation is 1. The fraction of sp³-hybridized carbons (Fsp3) is 0.353. The number of amides is 1. The third-order valence-electron chi connectivity index (χ3n) is 3.28. The highest BCUT2D eigenvalue weighted by Gasteiger charge is 2.06. The lowest BCUT2D eigenvalue weighted by atomic mass is 10.0. The SMILES string of the molecule is COCCCSCC(=O)Nc1cccc2c(C)cccc12. The molecule has 0 aliphatic carbocycles. The molecule has 2 aromatic carbocycles. The van der Waals surface area contributed by atoms with Crippen molar-refractivity contribution < 1.29 is 9.53 Å². The lowest BCUT2D eigenvalue weighted by Gasteiger charge is -2.10. The van der Waals surface area contributed by atoms with Gasteiger partial charge in [-0.1, -0.05) is 30.3 Å². The molecule has 0 radical (unpaired) electrons. The fourth-order valence-corrected chi connectivity index (χ4v) is 2.96. The molecule has 0 aliphatic heterocycles. The molecule has 2 aromatic rings. The highest BCUT2D eigenvalue weighted by atomic mass is 32.2. The average molecular weight is 303 g/mol. The lowest BCUT2D eigenvalue weighted by Crippen LogP contribution is -2.14. The Labute approximate surface area is 130 Å². The number of hydrogen-bond acceptors (Lipinski definition) is 3. The van der Waals surface area contributed by atoms with E-state index in [0.717, 1.165) is 29.9 Å². The van der Waals surface area contributed by atoms with Crippen molar-refractivity contribution in [3.63, 3.8) is 0 Å². The summed E-state index contributed by atoms with van der Waals surface area (Å²) in [5.74, 6) is 1.47. The summed E-state index contributed by atoms with van der Waals surface area (Å²) in [6.45, 7) is 2.83. The number of nitrogens with one attached hydrogen (secondary N) is 1. The molecular weight excluding hydrogens is 282 g/mol. The zero-order chi connectivity index (χ0) is 15.1. The highest BCUT2D eigenvalue weighted by Crippen LogP contribution is 2.25. The first-order valence-corrected chi connectivity index (χ1v) is 8.22. The minimum Gasteiger partial charge on any atom is -0.385 e. The number of carbonyl (C=O) groups is 1. The monoisotopic (exact) mass is 303 g/mol. The lowest BCUT2D eigenvalue weighted by molar-refractivity contribution is -0.113. The third kappa shape index (κ3) is 4.48. The molecule has 21 heavy (non-hydrogen) atoms. The van der Waals surface area contributed by atoms with Gasteiger partial charge in [0.1, 0.15) is 0 Å². The maximum Gasteiger partial charge on any atom is 0.234 e. The molecule has 0 unspecified atom stereocenters. The van der Waals surface area contributed by atoms with Gasteiger partial charge in [0.25, 0.3) is 0 Å². The molecular formula is C17H21NO2S. The van der Waals surface area contributed by atoms with E-state index in [0.29, 0.717) is 5.75 Å². The minimum atomic E-state index is 0.0476. The van der Waals surface area contributed by atoms with Crippen LogP contribution in [0.5, 0.6) is 0 Å². The van der Waals surface area contributed by atoms with Crippen LogP contribution >= 0.6 is 11.8 Å². The Morgan fingerprint density at radius 1 is 1.19 bits per heavy atom. The van der Waals surface area contributed by atoms with Gasteiger partial charge in [0.15, 0.2) is 0 Å². The first-order valence-electron chi connectivity index (χ1n) is 7.07. The van der Waals surface area contributed by atoms with Gasteiger partial charge in [0.05, 0.1) is 5.75 Å². The van der Waals surface area contributed by atoms with Gasteiger partial charge < -0.3 is 10.1 Å². The van der Waals surface area contributed by atoms with Crippen LogP contribution in [0.1, 0.15) is 12.0 Å². The van der Waals surface area contributed by atoms with Crippen LogP contribution in [0, 0.1) is 6.92 Å². The molecule has 0 atom stereocenters. The van der Waals surface area contributed by atoms with Crippen molar-refractivity contribution in [1.29, 1.82) is 0 Å². The van der Waals surface area contributed by atoms with E-state index in [-0.39, 0.29) is 5.91 Å². The normalized spacial score (nSPS) is 10.8. The number of ether oxygens (including phenoxy) is 1. The largest absolute Gasteiger partial charge is 0.385 e. The van der Waals surface area contributed by atoms with Crippen LogP contribution in [0.25, 0.3) is 10.8 Å². The molecule has 3 nitrogen and oxygen atoms in total. The Morgan fingerprint density at radius 3 is 2.76 bits per heavy atom. The van der Waals surface area contributed by atoms with Crippen molar-refractivity contribution in [2.45, 2.75) is 13.3 Å². The van der Waals surface area contributed by atoms with Gasteiger partial charge in [-0.25, -0.2) is 0 Å². The van der Waals surface area contributed by atoms with E-state index >= 15 is 0 Å². The number of anilines is 1. The van der Waals surface area contributed by atoms with E-state index in [1.54, 1.807) is 18.9 Å². The predicted octanol–water partition coefficient (Wildman–Crippen LogP) is 3.86. The molecule has 0 spiro atoms. The van der Waals surface area contributed by atoms with Crippen LogP contribution in [0.15, 0.2) is 36.4 Å². The standard InChI is InChI=1S/C17H21NO2S/c1-13-6-3-8-15-14(13)7-4-9-16(15)18-17(19)12-21-11-5-10-20-2/h3-4,6-9H,5,10-12H2,1-2H3,(H,18,19). The van der Waals surface area contributed by atoms with E-state index in [1.165, 1.54) is 10.9 Å². The second-order valence-electron chi connectivity index (χ2n) is 4.92. The quantitative estimate of drug-likeness (QED) is 0.789. The Balaban J connectivity index is 1.97. The Hall–Kier alpha value is -1.52. The first kappa shape index (κ1) is 15.9. The van der Waals surface area contributed by atoms with Crippen molar-refractivity contribution in [3.05, 3.63) is 42.0 Å². The first-order chi connectivity index (χ1) is 10.2. The number of fused-ring (bicyclic) bond motifs is 1. The smallest absolute Gasteiger partial charge is 0.234 e. The van der Waals surface area contributed by atoms with Gasteiger partial charge in [-0.2, -0.15) is 11.8 Å². The summed E-state index contributed by atoms with van der Waals surface area (Å²) in [4.78, 5) is 12.0. The van der Waals surface area contributed by atoms with Gasteiger partial charge in [0.2, 0.25) is 5.91 Å². The summed E-state index contributed by atoms with van der Waals surface area (Å²) in [6.07, 6.45) is 0.974. The number of hydrogen-bond donors (Lipinski definition) is 1. The van der Waals surface area contributed by atoms with E-state index < -0.39 is 0 Å². The van der Waals surface area contributed by atoms with Crippen LogP contribution < -0.4 is 5.32 Å². The molecule has 1 N–H and O–H groups in total. The van der Waals surface area contributed by atoms with Crippen LogP contribution in [0.4, 0.5) is 5.69 Å². The summed E-state index contributed by atoms with van der Waals surface area (Å²) >= 11 is 1.64. The number of thioether (sulfide) groups is 1. The van der Waals surface area contributed by atoms with Crippen molar-refractivity contribution >= 4 is 34.1 Å². The van der Waals surface area contributed by atoms with Crippen molar-refractivity contribution in [3.8, 4) is 0 Å². The number of benzene rings is 2. The average Bonchev–Trinajstić information content (AvgIpc) is 2.48. The molecule has 0 bridgehead atoms. The summed E-state index contributed by atoms with van der Waals surface area (Å²) in [5, 5.41) is 5.29. The number of rotatable bonds is 7. The molecule has 0 saturated heterocycles. The Kier molecular flexibility index (Phi) is 6.08. The Morgan fingerprint density at radius 2 is 1.95 bits per heavy atom. The van der Waals surface area contributed by atoms with Crippen molar-refractivity contribution in [2.75, 3.05) is 30.5 Å². The predicted molar refractivity (Wildman–Crippen MR) is 91.1 cm³/mol. The van der Waals surface area contributed by atoms with Crippen LogP contribution in [0.3, 0.4) is 0 Å². The summed E-state index contributed by atoms with van der Waals surface area (Å²) < 4.78 is 4.99. The number of methoxy groups -OCH3 is 1. The second kappa shape index (κ2) is 8.05. The highest BCUT2D eigenvalue weighted by molar-refractivity contribution is 7.99. The summed E-state index contributed by atoms with van der Waals surface area (Å²) in [7, 11) is 1.69. The molecule has 0 heterocycles. The molecule has 0 aromatic heterocycles. The van der Waals surface area contributed by atoms with Gasteiger partial charge >= 0.3 is 0 Å². The topological polar surface area (TPSA) is 38.3 Å². The zero-order valence-electron chi connectivity index (χ0n) is 12.5. The molecule has 112 valence electrons. The fourth-order valence-electron chi connectivity index (χ4n) is 2.23. The summed E-state index contributed by atoms with van der Waals surface area (Å²) in [6, 6.07) is 12.2. The van der Waals surface area contributed by atoms with Crippen LogP contribution in [-0.4, -0.2) is 31.1 Å². The van der Waals surface area contributed by atoms with E-state index in [1.807, 2.05) is 24.3 Å². The molecule has 0 saturated carbocycles. The van der Waals surface area contributed by atoms with Crippen molar-refractivity contribution in [1.82, 2.24) is 0 Å². The molecule has 1 amide bonds. The molecule has 0 fully saturated rings. The van der Waals surface area contributed by atoms with E-state index in [4.69, 9.17) is 4.74 Å². The molecule has 0 aliphatic rings.